The molecule has 174 valence electrons. The van der Waals surface area contributed by atoms with Crippen molar-refractivity contribution >= 4 is 5.78 Å². The van der Waals surface area contributed by atoms with Crippen LogP contribution in [0.1, 0.15) is 52.5 Å². The number of rotatable bonds is 13. The molecule has 0 aliphatic carbocycles. The summed E-state index contributed by atoms with van der Waals surface area (Å²) in [6.07, 6.45) is 2.92. The molecule has 0 saturated carbocycles. The number of ketones is 1. The summed E-state index contributed by atoms with van der Waals surface area (Å²) in [5, 5.41) is 0. The van der Waals surface area contributed by atoms with Crippen LogP contribution in [0.3, 0.4) is 0 Å². The Balaban J connectivity index is 1.95. The Morgan fingerprint density at radius 3 is 2.58 bits per heavy atom. The van der Waals surface area contributed by atoms with Crippen LogP contribution in [0.25, 0.3) is 0 Å². The van der Waals surface area contributed by atoms with Crippen LogP contribution < -0.4 is 0 Å². The first kappa shape index (κ1) is 25.7. The quantitative estimate of drug-likeness (QED) is 0.256. The third-order valence-electron chi connectivity index (χ3n) is 5.61. The number of allylic oxidation sites excluding steroid dienone is 1. The fourth-order valence-electron chi connectivity index (χ4n) is 3.90. The molecular weight excluding hydrogens is 396 g/mol. The van der Waals surface area contributed by atoms with Crippen molar-refractivity contribution in [2.75, 3.05) is 20.5 Å². The fourth-order valence-corrected chi connectivity index (χ4v) is 3.90. The van der Waals surface area contributed by atoms with Crippen molar-refractivity contribution in [2.45, 2.75) is 77.7 Å². The first-order chi connectivity index (χ1) is 14.7. The lowest BCUT2D eigenvalue weighted by atomic mass is 9.79. The maximum absolute atomic E-state index is 12.4. The molecule has 1 aromatic carbocycles. The standard InChI is InChI=1S/C25H38O6/c1-7-22(26)24(2,3)23(29-18-27-6)16-21-15-20(30-25(4,5)31-21)13-14-28-17-19-11-9-8-10-12-19/h7-12,20-21,23H,1,13-18H2,2-6H3/t20-,21+,23-/m0/s1. The zero-order valence-electron chi connectivity index (χ0n) is 19.6. The molecule has 0 aromatic heterocycles. The minimum absolute atomic E-state index is 0.00539. The van der Waals surface area contributed by atoms with Crippen molar-refractivity contribution in [3.05, 3.63) is 48.6 Å². The second kappa shape index (κ2) is 11.9. The van der Waals surface area contributed by atoms with Gasteiger partial charge in [-0.05, 0) is 31.9 Å². The molecule has 1 heterocycles. The van der Waals surface area contributed by atoms with E-state index in [4.69, 9.17) is 23.7 Å². The van der Waals surface area contributed by atoms with E-state index < -0.39 is 11.2 Å². The highest BCUT2D eigenvalue weighted by Gasteiger charge is 2.42. The Hall–Kier alpha value is -1.57. The van der Waals surface area contributed by atoms with Crippen LogP contribution in [0.4, 0.5) is 0 Å². The topological polar surface area (TPSA) is 63.2 Å². The van der Waals surface area contributed by atoms with Crippen molar-refractivity contribution < 1.29 is 28.5 Å². The summed E-state index contributed by atoms with van der Waals surface area (Å²) in [6.45, 7) is 12.5. The summed E-state index contributed by atoms with van der Waals surface area (Å²) in [7, 11) is 1.57. The summed E-state index contributed by atoms with van der Waals surface area (Å²) >= 11 is 0. The Labute approximate surface area is 186 Å². The van der Waals surface area contributed by atoms with E-state index in [9.17, 15) is 4.79 Å². The summed E-state index contributed by atoms with van der Waals surface area (Å²) in [6, 6.07) is 10.1. The van der Waals surface area contributed by atoms with Crippen LogP contribution >= 0.6 is 0 Å². The Kier molecular flexibility index (Phi) is 9.85. The van der Waals surface area contributed by atoms with Gasteiger partial charge in [0.05, 0.1) is 30.3 Å². The molecule has 0 bridgehead atoms. The lowest BCUT2D eigenvalue weighted by Gasteiger charge is -2.43. The van der Waals surface area contributed by atoms with Gasteiger partial charge >= 0.3 is 0 Å². The van der Waals surface area contributed by atoms with Crippen molar-refractivity contribution in [1.29, 1.82) is 0 Å². The third-order valence-corrected chi connectivity index (χ3v) is 5.61. The fraction of sp³-hybridized carbons (Fsp3) is 0.640. The van der Waals surface area contributed by atoms with Crippen LogP contribution in [0.2, 0.25) is 0 Å². The van der Waals surface area contributed by atoms with Gasteiger partial charge < -0.3 is 23.7 Å². The minimum atomic E-state index is -0.736. The van der Waals surface area contributed by atoms with E-state index in [1.165, 1.54) is 6.08 Å². The number of benzene rings is 1. The summed E-state index contributed by atoms with van der Waals surface area (Å²) in [4.78, 5) is 12.4. The van der Waals surface area contributed by atoms with Gasteiger partial charge in [0.15, 0.2) is 11.6 Å². The average Bonchev–Trinajstić information content (AvgIpc) is 2.73. The van der Waals surface area contributed by atoms with E-state index in [-0.39, 0.29) is 30.9 Å². The molecule has 0 spiro atoms. The van der Waals surface area contributed by atoms with E-state index in [0.29, 0.717) is 26.1 Å². The summed E-state index contributed by atoms with van der Waals surface area (Å²) in [5.41, 5.74) is 0.418. The SMILES string of the molecule is C=CC(=O)C(C)(C)[C@H](C[C@H]1C[C@H](CCOCc2ccccc2)OC(C)(C)O1)OCOC. The summed E-state index contributed by atoms with van der Waals surface area (Å²) in [5.74, 6) is -0.781. The third kappa shape index (κ3) is 8.13. The average molecular weight is 435 g/mol. The lowest BCUT2D eigenvalue weighted by Crippen LogP contribution is -2.48. The highest BCUT2D eigenvalue weighted by Crippen LogP contribution is 2.35. The molecule has 2 rings (SSSR count). The van der Waals surface area contributed by atoms with Gasteiger partial charge in [0.25, 0.3) is 0 Å². The maximum atomic E-state index is 12.4. The van der Waals surface area contributed by atoms with Crippen molar-refractivity contribution in [3.63, 3.8) is 0 Å². The van der Waals surface area contributed by atoms with E-state index in [1.54, 1.807) is 7.11 Å². The maximum Gasteiger partial charge on any atom is 0.163 e. The number of methoxy groups -OCH3 is 1. The van der Waals surface area contributed by atoms with E-state index >= 15 is 0 Å². The van der Waals surface area contributed by atoms with Crippen molar-refractivity contribution in [2.24, 2.45) is 5.41 Å². The van der Waals surface area contributed by atoms with Crippen molar-refractivity contribution in [1.82, 2.24) is 0 Å². The molecule has 1 aliphatic heterocycles. The Morgan fingerprint density at radius 2 is 1.94 bits per heavy atom. The molecule has 0 unspecified atom stereocenters. The predicted octanol–water partition coefficient (Wildman–Crippen LogP) is 4.66. The molecular formula is C25H38O6. The van der Waals surface area contributed by atoms with Crippen LogP contribution in [0.15, 0.2) is 43.0 Å². The van der Waals surface area contributed by atoms with Crippen LogP contribution in [-0.4, -0.2) is 50.4 Å². The molecule has 0 radical (unpaired) electrons. The monoisotopic (exact) mass is 434 g/mol. The first-order valence-corrected chi connectivity index (χ1v) is 10.9. The number of carbonyl (C=O) groups excluding carboxylic acids is 1. The van der Waals surface area contributed by atoms with Gasteiger partial charge in [0, 0.05) is 26.6 Å². The normalized spacial score (nSPS) is 22.1. The van der Waals surface area contributed by atoms with Gasteiger partial charge in [-0.15, -0.1) is 0 Å². The molecule has 1 saturated heterocycles. The van der Waals surface area contributed by atoms with E-state index in [0.717, 1.165) is 12.0 Å². The van der Waals surface area contributed by atoms with Crippen LogP contribution in [0, 0.1) is 5.41 Å². The molecule has 0 N–H and O–H groups in total. The molecule has 0 amide bonds. The highest BCUT2D eigenvalue weighted by molar-refractivity contribution is 5.94. The Bertz CT molecular complexity index is 685. The first-order valence-electron chi connectivity index (χ1n) is 10.9. The minimum Gasteiger partial charge on any atom is -0.377 e. The second-order valence-corrected chi connectivity index (χ2v) is 9.03. The second-order valence-electron chi connectivity index (χ2n) is 9.03. The molecule has 1 fully saturated rings. The van der Waals surface area contributed by atoms with Gasteiger partial charge in [-0.3, -0.25) is 4.79 Å². The van der Waals surface area contributed by atoms with Crippen LogP contribution in [-0.2, 0) is 35.1 Å². The van der Waals surface area contributed by atoms with E-state index in [2.05, 4.69) is 18.7 Å². The number of ether oxygens (including phenoxy) is 5. The van der Waals surface area contributed by atoms with Gasteiger partial charge in [-0.1, -0.05) is 50.8 Å². The predicted molar refractivity (Wildman–Crippen MR) is 120 cm³/mol. The number of hydrogen-bond acceptors (Lipinski definition) is 6. The number of carbonyl (C=O) groups is 1. The lowest BCUT2D eigenvalue weighted by molar-refractivity contribution is -0.306. The van der Waals surface area contributed by atoms with Crippen molar-refractivity contribution in [3.8, 4) is 0 Å². The zero-order valence-corrected chi connectivity index (χ0v) is 19.6. The van der Waals surface area contributed by atoms with Gasteiger partial charge in [0.1, 0.15) is 6.79 Å². The molecule has 6 heteroatoms. The molecule has 6 nitrogen and oxygen atoms in total. The smallest absolute Gasteiger partial charge is 0.163 e. The van der Waals surface area contributed by atoms with Gasteiger partial charge in [-0.25, -0.2) is 0 Å². The van der Waals surface area contributed by atoms with Gasteiger partial charge in [0.2, 0.25) is 0 Å². The highest BCUT2D eigenvalue weighted by atomic mass is 16.7. The molecule has 31 heavy (non-hydrogen) atoms. The molecule has 1 aliphatic rings. The molecule has 1 aromatic rings. The van der Waals surface area contributed by atoms with Gasteiger partial charge in [-0.2, -0.15) is 0 Å². The van der Waals surface area contributed by atoms with Crippen LogP contribution in [0.5, 0.6) is 0 Å². The number of hydrogen-bond donors (Lipinski definition) is 0. The zero-order chi connectivity index (χ0) is 22.9. The molecule has 3 atom stereocenters. The van der Waals surface area contributed by atoms with E-state index in [1.807, 2.05) is 45.9 Å². The summed E-state index contributed by atoms with van der Waals surface area (Å²) < 4.78 is 29.1. The Morgan fingerprint density at radius 1 is 1.26 bits per heavy atom. The largest absolute Gasteiger partial charge is 0.377 e.